The number of benzene rings is 1. The predicted molar refractivity (Wildman–Crippen MR) is 79.6 cm³/mol. The van der Waals surface area contributed by atoms with E-state index in [1.807, 2.05) is 6.92 Å². The number of aromatic nitrogens is 1. The highest BCUT2D eigenvalue weighted by molar-refractivity contribution is 5.80. The minimum absolute atomic E-state index is 0.792. The van der Waals surface area contributed by atoms with Gasteiger partial charge in [0.15, 0.2) is 0 Å². The van der Waals surface area contributed by atoms with Crippen LogP contribution in [0.2, 0.25) is 0 Å². The topological polar surface area (TPSA) is 35.4 Å². The van der Waals surface area contributed by atoms with Gasteiger partial charge in [0.05, 0.1) is 13.2 Å². The number of hydrogen-bond acceptors (Lipinski definition) is 2. The summed E-state index contributed by atoms with van der Waals surface area (Å²) in [5.74, 6) is 1.08. The second-order valence-corrected chi connectivity index (χ2v) is 4.89. The van der Waals surface area contributed by atoms with Gasteiger partial charge in [0.1, 0.15) is 5.52 Å². The Hall–Kier alpha value is -1.61. The molecule has 0 aliphatic rings. The van der Waals surface area contributed by atoms with Gasteiger partial charge in [0.25, 0.3) is 5.82 Å². The average Bonchev–Trinajstić information content (AvgIpc) is 2.38. The summed E-state index contributed by atoms with van der Waals surface area (Å²) in [4.78, 5) is 3.45. The van der Waals surface area contributed by atoms with Crippen LogP contribution in [0.3, 0.4) is 0 Å². The van der Waals surface area contributed by atoms with Crippen molar-refractivity contribution < 1.29 is 9.72 Å². The second-order valence-electron chi connectivity index (χ2n) is 4.89. The Morgan fingerprint density at radius 3 is 2.84 bits per heavy atom. The molecule has 1 aromatic carbocycles. The zero-order chi connectivity index (χ0) is 13.7. The van der Waals surface area contributed by atoms with Crippen LogP contribution in [0.25, 0.3) is 10.9 Å². The Morgan fingerprint density at radius 1 is 1.21 bits per heavy atom. The minimum Gasteiger partial charge on any atom is -0.382 e. The van der Waals surface area contributed by atoms with Crippen LogP contribution in [0.1, 0.15) is 24.5 Å². The van der Waals surface area contributed by atoms with Crippen LogP contribution in [0.5, 0.6) is 0 Å². The van der Waals surface area contributed by atoms with E-state index in [-0.39, 0.29) is 0 Å². The van der Waals surface area contributed by atoms with E-state index < -0.39 is 0 Å². The molecule has 1 heterocycles. The van der Waals surface area contributed by atoms with Crippen molar-refractivity contribution >= 4 is 16.7 Å². The highest BCUT2D eigenvalue weighted by Crippen LogP contribution is 2.18. The Bertz CT molecular complexity index is 552. The Morgan fingerprint density at radius 2 is 2.05 bits per heavy atom. The summed E-state index contributed by atoms with van der Waals surface area (Å²) in [5.41, 5.74) is 3.75. The number of pyridine rings is 1. The molecule has 0 atom stereocenters. The lowest BCUT2D eigenvalue weighted by Crippen LogP contribution is -2.16. The third-order valence-corrected chi connectivity index (χ3v) is 3.22. The average molecular weight is 259 g/mol. The van der Waals surface area contributed by atoms with Gasteiger partial charge in [-0.1, -0.05) is 12.1 Å². The van der Waals surface area contributed by atoms with Crippen LogP contribution in [0.15, 0.2) is 24.3 Å². The van der Waals surface area contributed by atoms with Crippen LogP contribution in [0.4, 0.5) is 5.82 Å². The van der Waals surface area contributed by atoms with Crippen LogP contribution in [0, 0.1) is 13.8 Å². The molecule has 0 aliphatic carbocycles. The number of rotatable bonds is 6. The molecular weight excluding hydrogens is 236 g/mol. The first-order valence-electron chi connectivity index (χ1n) is 6.95. The van der Waals surface area contributed by atoms with Gasteiger partial charge in [0.2, 0.25) is 0 Å². The maximum absolute atomic E-state index is 5.33. The lowest BCUT2D eigenvalue weighted by Gasteiger charge is -2.05. The molecule has 0 bridgehead atoms. The smallest absolute Gasteiger partial charge is 0.272 e. The summed E-state index contributed by atoms with van der Waals surface area (Å²) >= 11 is 0. The molecule has 2 rings (SSSR count). The van der Waals surface area contributed by atoms with Crippen molar-refractivity contribution in [2.24, 2.45) is 0 Å². The molecule has 0 fully saturated rings. The molecule has 0 saturated heterocycles. The van der Waals surface area contributed by atoms with Gasteiger partial charge in [-0.3, -0.25) is 5.32 Å². The van der Waals surface area contributed by atoms with E-state index >= 15 is 0 Å². The molecule has 0 amide bonds. The molecule has 0 aliphatic heterocycles. The van der Waals surface area contributed by atoms with Gasteiger partial charge in [-0.25, -0.2) is 4.98 Å². The first-order valence-corrected chi connectivity index (χ1v) is 6.95. The number of anilines is 1. The van der Waals surface area contributed by atoms with E-state index in [1.165, 1.54) is 22.0 Å². The fourth-order valence-corrected chi connectivity index (χ4v) is 2.22. The molecule has 0 saturated carbocycles. The van der Waals surface area contributed by atoms with Crippen LogP contribution in [-0.2, 0) is 4.74 Å². The predicted octanol–water partition coefficient (Wildman–Crippen LogP) is 3.11. The molecule has 3 heteroatoms. The third-order valence-electron chi connectivity index (χ3n) is 3.22. The zero-order valence-corrected chi connectivity index (χ0v) is 12.0. The van der Waals surface area contributed by atoms with Crippen molar-refractivity contribution in [3.8, 4) is 0 Å². The van der Waals surface area contributed by atoms with Crippen molar-refractivity contribution in [3.63, 3.8) is 0 Å². The number of aromatic amines is 1. The molecule has 102 valence electrons. The normalized spacial score (nSPS) is 10.9. The minimum atomic E-state index is 0.792. The van der Waals surface area contributed by atoms with Crippen LogP contribution >= 0.6 is 0 Å². The zero-order valence-electron chi connectivity index (χ0n) is 12.0. The monoisotopic (exact) mass is 259 g/mol. The highest BCUT2D eigenvalue weighted by Gasteiger charge is 2.07. The van der Waals surface area contributed by atoms with Crippen molar-refractivity contribution in [2.45, 2.75) is 27.2 Å². The van der Waals surface area contributed by atoms with E-state index in [0.29, 0.717) is 0 Å². The van der Waals surface area contributed by atoms with E-state index in [9.17, 15) is 0 Å². The lowest BCUT2D eigenvalue weighted by molar-refractivity contribution is -0.327. The van der Waals surface area contributed by atoms with E-state index in [1.54, 1.807) is 0 Å². The van der Waals surface area contributed by atoms with Crippen LogP contribution < -0.4 is 10.3 Å². The van der Waals surface area contributed by atoms with Gasteiger partial charge < -0.3 is 4.74 Å². The molecule has 19 heavy (non-hydrogen) atoms. The number of aryl methyl sites for hydroxylation is 2. The van der Waals surface area contributed by atoms with E-state index in [4.69, 9.17) is 4.74 Å². The lowest BCUT2D eigenvalue weighted by atomic mass is 10.1. The van der Waals surface area contributed by atoms with Crippen LogP contribution in [-0.4, -0.2) is 19.8 Å². The van der Waals surface area contributed by atoms with E-state index in [2.05, 4.69) is 48.4 Å². The molecule has 0 radical (unpaired) electrons. The fourth-order valence-electron chi connectivity index (χ4n) is 2.22. The summed E-state index contributed by atoms with van der Waals surface area (Å²) in [6.45, 7) is 8.82. The number of hydrogen-bond donors (Lipinski definition) is 1. The van der Waals surface area contributed by atoms with Crippen molar-refractivity contribution in [1.29, 1.82) is 0 Å². The van der Waals surface area contributed by atoms with Crippen molar-refractivity contribution in [2.75, 3.05) is 25.1 Å². The van der Waals surface area contributed by atoms with Gasteiger partial charge in [-0.05, 0) is 38.0 Å². The number of fused-ring (bicyclic) bond motifs is 1. The third kappa shape index (κ3) is 3.67. The van der Waals surface area contributed by atoms with Gasteiger partial charge in [-0.2, -0.15) is 0 Å². The maximum Gasteiger partial charge on any atom is 0.272 e. The Balaban J connectivity index is 2.07. The molecule has 2 aromatic rings. The molecule has 0 spiro atoms. The van der Waals surface area contributed by atoms with Crippen molar-refractivity contribution in [3.05, 3.63) is 35.4 Å². The van der Waals surface area contributed by atoms with E-state index in [0.717, 1.165) is 32.0 Å². The van der Waals surface area contributed by atoms with Gasteiger partial charge >= 0.3 is 0 Å². The Kier molecular flexibility index (Phi) is 4.74. The summed E-state index contributed by atoms with van der Waals surface area (Å²) in [5, 5.41) is 4.70. The standard InChI is InChI=1S/C16H22N2O/c1-4-19-9-5-8-17-16-11-13(3)14-7-6-12(2)10-15(14)18-16/h6-7,10-11H,4-5,8-9H2,1-3H3,(H,17,18)/p+1. The SMILES string of the molecule is CCOCCCNc1cc(C)c2ccc(C)cc2[nH+]1. The van der Waals surface area contributed by atoms with Crippen molar-refractivity contribution in [1.82, 2.24) is 0 Å². The second kappa shape index (κ2) is 6.53. The molecule has 1 aromatic heterocycles. The number of ether oxygens (including phenoxy) is 1. The summed E-state index contributed by atoms with van der Waals surface area (Å²) < 4.78 is 5.33. The van der Waals surface area contributed by atoms with Gasteiger partial charge in [-0.15, -0.1) is 0 Å². The molecule has 0 unspecified atom stereocenters. The maximum atomic E-state index is 5.33. The summed E-state index contributed by atoms with van der Waals surface area (Å²) in [6, 6.07) is 8.68. The first kappa shape index (κ1) is 13.8. The van der Waals surface area contributed by atoms with Gasteiger partial charge in [0, 0.05) is 24.5 Å². The number of nitrogens with one attached hydrogen (secondary N) is 2. The number of H-pyrrole nitrogens is 1. The first-order chi connectivity index (χ1) is 9.20. The molecule has 3 nitrogen and oxygen atoms in total. The summed E-state index contributed by atoms with van der Waals surface area (Å²) in [7, 11) is 0. The summed E-state index contributed by atoms with van der Waals surface area (Å²) in [6.07, 6.45) is 1.02. The molecule has 2 N–H and O–H groups in total. The Labute approximate surface area is 115 Å². The fraction of sp³-hybridized carbons (Fsp3) is 0.438. The molecular formula is C16H23N2O+. The largest absolute Gasteiger partial charge is 0.382 e. The quantitative estimate of drug-likeness (QED) is 0.809. The highest BCUT2D eigenvalue weighted by atomic mass is 16.5.